The lowest BCUT2D eigenvalue weighted by molar-refractivity contribution is -0.134. The summed E-state index contributed by atoms with van der Waals surface area (Å²) in [5, 5.41) is 0. The van der Waals surface area contributed by atoms with E-state index in [1.165, 1.54) is 32.2 Å². The molecule has 2 saturated heterocycles. The van der Waals surface area contributed by atoms with E-state index in [0.717, 1.165) is 58.2 Å². The van der Waals surface area contributed by atoms with Crippen molar-refractivity contribution in [2.45, 2.75) is 64.9 Å². The highest BCUT2D eigenvalue weighted by Crippen LogP contribution is 2.22. The minimum Gasteiger partial charge on any atom is -0.381 e. The zero-order chi connectivity index (χ0) is 17.9. The topological polar surface area (TPSA) is 42.0 Å². The maximum atomic E-state index is 12.3. The average molecular weight is 355 g/mol. The summed E-state index contributed by atoms with van der Waals surface area (Å²) in [6, 6.07) is 0. The third kappa shape index (κ3) is 7.63. The Labute approximate surface area is 154 Å². The van der Waals surface area contributed by atoms with Crippen LogP contribution in [-0.4, -0.2) is 74.4 Å². The lowest BCUT2D eigenvalue weighted by Gasteiger charge is -2.32. The Morgan fingerprint density at radius 2 is 1.80 bits per heavy atom. The van der Waals surface area contributed by atoms with Gasteiger partial charge in [-0.05, 0) is 64.1 Å². The molecule has 0 aromatic heterocycles. The fourth-order valence-electron chi connectivity index (χ4n) is 3.93. The van der Waals surface area contributed by atoms with Gasteiger partial charge in [0.1, 0.15) is 0 Å². The van der Waals surface area contributed by atoms with Crippen LogP contribution in [0.4, 0.5) is 0 Å². The summed E-state index contributed by atoms with van der Waals surface area (Å²) < 4.78 is 11.2. The molecule has 146 valence electrons. The minimum absolute atomic E-state index is 0.272. The summed E-state index contributed by atoms with van der Waals surface area (Å²) in [5.74, 6) is 1.08. The number of hydrogen-bond acceptors (Lipinski definition) is 4. The highest BCUT2D eigenvalue weighted by atomic mass is 16.5. The lowest BCUT2D eigenvalue weighted by Crippen LogP contribution is -2.39. The number of piperidine rings is 1. The van der Waals surface area contributed by atoms with E-state index in [-0.39, 0.29) is 12.0 Å². The molecular weight excluding hydrogens is 316 g/mol. The highest BCUT2D eigenvalue weighted by molar-refractivity contribution is 5.76. The van der Waals surface area contributed by atoms with Crippen LogP contribution < -0.4 is 0 Å². The molecule has 0 unspecified atom stereocenters. The first-order valence-corrected chi connectivity index (χ1v) is 10.4. The molecule has 1 amide bonds. The molecule has 5 nitrogen and oxygen atoms in total. The third-order valence-corrected chi connectivity index (χ3v) is 5.79. The van der Waals surface area contributed by atoms with Crippen molar-refractivity contribution in [1.82, 2.24) is 9.80 Å². The van der Waals surface area contributed by atoms with Crippen molar-refractivity contribution < 1.29 is 14.3 Å². The fraction of sp³-hybridized carbons (Fsp3) is 0.950. The summed E-state index contributed by atoms with van der Waals surface area (Å²) in [6.45, 7) is 12.0. The molecule has 2 rings (SSSR count). The Balaban J connectivity index is 1.53. The number of ether oxygens (including phenoxy) is 2. The standard InChI is InChI=1S/C20H38N2O3/c1-3-21(4-2)12-5-6-18-7-13-22(14-8-18)20(23)11-17-25-19-9-15-24-16-10-19/h18-19H,3-17H2,1-2H3. The minimum atomic E-state index is 0.272. The molecule has 2 aliphatic rings. The number of carbonyl (C=O) groups is 1. The maximum Gasteiger partial charge on any atom is 0.224 e. The normalized spacial score (nSPS) is 20.4. The first-order chi connectivity index (χ1) is 12.2. The summed E-state index contributed by atoms with van der Waals surface area (Å²) in [4.78, 5) is 16.9. The molecule has 2 aliphatic heterocycles. The summed E-state index contributed by atoms with van der Waals surface area (Å²) in [5.41, 5.74) is 0. The SMILES string of the molecule is CCN(CC)CCCC1CCN(C(=O)CCOC2CCOCC2)CC1. The van der Waals surface area contributed by atoms with Crippen LogP contribution in [0.5, 0.6) is 0 Å². The van der Waals surface area contributed by atoms with Crippen LogP contribution in [0.1, 0.15) is 58.8 Å². The van der Waals surface area contributed by atoms with Gasteiger partial charge in [0, 0.05) is 26.3 Å². The first kappa shape index (κ1) is 20.7. The van der Waals surface area contributed by atoms with Crippen molar-refractivity contribution >= 4 is 5.91 Å². The second-order valence-electron chi connectivity index (χ2n) is 7.43. The van der Waals surface area contributed by atoms with Crippen LogP contribution >= 0.6 is 0 Å². The summed E-state index contributed by atoms with van der Waals surface area (Å²) in [7, 11) is 0. The Kier molecular flexibility index (Phi) is 9.81. The quantitative estimate of drug-likeness (QED) is 0.605. The van der Waals surface area contributed by atoms with Gasteiger partial charge >= 0.3 is 0 Å². The fourth-order valence-corrected chi connectivity index (χ4v) is 3.93. The van der Waals surface area contributed by atoms with Crippen molar-refractivity contribution in [3.63, 3.8) is 0 Å². The van der Waals surface area contributed by atoms with Crippen LogP contribution in [0.2, 0.25) is 0 Å². The van der Waals surface area contributed by atoms with Gasteiger partial charge in [-0.25, -0.2) is 0 Å². The second kappa shape index (κ2) is 11.9. The molecule has 5 heteroatoms. The van der Waals surface area contributed by atoms with E-state index >= 15 is 0 Å². The van der Waals surface area contributed by atoms with E-state index in [1.807, 2.05) is 4.90 Å². The maximum absolute atomic E-state index is 12.3. The molecule has 0 aromatic carbocycles. The van der Waals surface area contributed by atoms with Crippen molar-refractivity contribution in [3.8, 4) is 0 Å². The third-order valence-electron chi connectivity index (χ3n) is 5.79. The van der Waals surface area contributed by atoms with Gasteiger partial charge in [-0.3, -0.25) is 4.79 Å². The average Bonchev–Trinajstić information content (AvgIpc) is 2.66. The van der Waals surface area contributed by atoms with E-state index in [2.05, 4.69) is 18.7 Å². The molecular formula is C20H38N2O3. The van der Waals surface area contributed by atoms with Crippen LogP contribution in [0.25, 0.3) is 0 Å². The van der Waals surface area contributed by atoms with Gasteiger partial charge in [0.05, 0.1) is 19.1 Å². The highest BCUT2D eigenvalue weighted by Gasteiger charge is 2.23. The molecule has 2 fully saturated rings. The summed E-state index contributed by atoms with van der Waals surface area (Å²) in [6.07, 6.45) is 7.70. The van der Waals surface area contributed by atoms with Crippen LogP contribution in [-0.2, 0) is 14.3 Å². The van der Waals surface area contributed by atoms with Gasteiger partial charge in [0.2, 0.25) is 5.91 Å². The van der Waals surface area contributed by atoms with Gasteiger partial charge < -0.3 is 19.3 Å². The van der Waals surface area contributed by atoms with E-state index in [9.17, 15) is 4.79 Å². The van der Waals surface area contributed by atoms with Gasteiger partial charge in [0.25, 0.3) is 0 Å². The van der Waals surface area contributed by atoms with Gasteiger partial charge in [-0.1, -0.05) is 13.8 Å². The van der Waals surface area contributed by atoms with Crippen molar-refractivity contribution in [2.24, 2.45) is 5.92 Å². The van der Waals surface area contributed by atoms with Gasteiger partial charge in [0.15, 0.2) is 0 Å². The zero-order valence-corrected chi connectivity index (χ0v) is 16.4. The second-order valence-corrected chi connectivity index (χ2v) is 7.43. The number of likely N-dealkylation sites (tertiary alicyclic amines) is 1. The zero-order valence-electron chi connectivity index (χ0n) is 16.4. The van der Waals surface area contributed by atoms with Gasteiger partial charge in [-0.2, -0.15) is 0 Å². The van der Waals surface area contributed by atoms with E-state index in [4.69, 9.17) is 9.47 Å². The van der Waals surface area contributed by atoms with E-state index < -0.39 is 0 Å². The summed E-state index contributed by atoms with van der Waals surface area (Å²) >= 11 is 0. The van der Waals surface area contributed by atoms with Crippen molar-refractivity contribution in [2.75, 3.05) is 52.5 Å². The Morgan fingerprint density at radius 1 is 1.12 bits per heavy atom. The molecule has 0 aliphatic carbocycles. The molecule has 0 N–H and O–H groups in total. The van der Waals surface area contributed by atoms with Crippen LogP contribution in [0.3, 0.4) is 0 Å². The number of rotatable bonds is 10. The van der Waals surface area contributed by atoms with Crippen molar-refractivity contribution in [1.29, 1.82) is 0 Å². The van der Waals surface area contributed by atoms with Crippen LogP contribution in [0.15, 0.2) is 0 Å². The molecule has 0 aromatic rings. The lowest BCUT2D eigenvalue weighted by atomic mass is 9.92. The molecule has 0 spiro atoms. The van der Waals surface area contributed by atoms with E-state index in [0.29, 0.717) is 13.0 Å². The van der Waals surface area contributed by atoms with Crippen LogP contribution in [0, 0.1) is 5.92 Å². The Hall–Kier alpha value is -0.650. The molecule has 0 radical (unpaired) electrons. The first-order valence-electron chi connectivity index (χ1n) is 10.4. The van der Waals surface area contributed by atoms with E-state index in [1.54, 1.807) is 0 Å². The molecule has 0 bridgehead atoms. The molecule has 0 atom stereocenters. The Bertz CT molecular complexity index is 360. The molecule has 0 saturated carbocycles. The number of nitrogens with zero attached hydrogens (tertiary/aromatic N) is 2. The molecule has 2 heterocycles. The number of carbonyl (C=O) groups excluding carboxylic acids is 1. The number of hydrogen-bond donors (Lipinski definition) is 0. The predicted molar refractivity (Wildman–Crippen MR) is 101 cm³/mol. The largest absolute Gasteiger partial charge is 0.381 e. The monoisotopic (exact) mass is 354 g/mol. The molecule has 25 heavy (non-hydrogen) atoms. The smallest absolute Gasteiger partial charge is 0.224 e. The number of amides is 1. The Morgan fingerprint density at radius 3 is 2.44 bits per heavy atom. The van der Waals surface area contributed by atoms with Gasteiger partial charge in [-0.15, -0.1) is 0 Å². The predicted octanol–water partition coefficient (Wildman–Crippen LogP) is 2.93. The van der Waals surface area contributed by atoms with Crippen molar-refractivity contribution in [3.05, 3.63) is 0 Å².